The van der Waals surface area contributed by atoms with E-state index < -0.39 is 0 Å². The molecular weight excluding hydrogens is 160 g/mol. The lowest BCUT2D eigenvalue weighted by atomic mass is 10.1. The van der Waals surface area contributed by atoms with Gasteiger partial charge in [0.05, 0.1) is 5.69 Å². The number of nitrogens with zero attached hydrogens (tertiary/aromatic N) is 2. The van der Waals surface area contributed by atoms with E-state index in [0.29, 0.717) is 5.92 Å². The Kier molecular flexibility index (Phi) is 1.52. The zero-order valence-corrected chi connectivity index (χ0v) is 8.21. The van der Waals surface area contributed by atoms with Crippen LogP contribution in [0.2, 0.25) is 0 Å². The van der Waals surface area contributed by atoms with Gasteiger partial charge in [0.2, 0.25) is 0 Å². The van der Waals surface area contributed by atoms with Crippen molar-refractivity contribution >= 4 is 0 Å². The van der Waals surface area contributed by atoms with Crippen molar-refractivity contribution < 1.29 is 0 Å². The van der Waals surface area contributed by atoms with E-state index in [1.807, 2.05) is 0 Å². The highest BCUT2D eigenvalue weighted by atomic mass is 15.1. The van der Waals surface area contributed by atoms with Crippen LogP contribution < -0.4 is 0 Å². The van der Waals surface area contributed by atoms with E-state index in [1.165, 1.54) is 50.2 Å². The van der Waals surface area contributed by atoms with Gasteiger partial charge >= 0.3 is 0 Å². The van der Waals surface area contributed by atoms with Gasteiger partial charge in [0, 0.05) is 24.6 Å². The van der Waals surface area contributed by atoms with E-state index in [9.17, 15) is 0 Å². The standard InChI is InChI=1S/C11H16N2/c1-8-5-6-9-11(8)12-10-4-2-3-7-13(9)10/h8H,2-7H2,1H3. The Morgan fingerprint density at radius 3 is 3.15 bits per heavy atom. The highest BCUT2D eigenvalue weighted by Crippen LogP contribution is 2.34. The Balaban J connectivity index is 2.13. The quantitative estimate of drug-likeness (QED) is 0.593. The predicted octanol–water partition coefficient (Wildman–Crippen LogP) is 2.27. The van der Waals surface area contributed by atoms with Crippen LogP contribution in [0.4, 0.5) is 0 Å². The zero-order chi connectivity index (χ0) is 8.84. The zero-order valence-electron chi connectivity index (χ0n) is 8.21. The average Bonchev–Trinajstić information content (AvgIpc) is 2.67. The second kappa shape index (κ2) is 2.60. The minimum atomic E-state index is 0.716. The molecule has 0 spiro atoms. The van der Waals surface area contributed by atoms with Crippen LogP contribution in [-0.4, -0.2) is 9.55 Å². The second-order valence-electron chi connectivity index (χ2n) is 4.41. The molecule has 1 atom stereocenters. The molecule has 1 aliphatic carbocycles. The first-order chi connectivity index (χ1) is 6.36. The summed E-state index contributed by atoms with van der Waals surface area (Å²) >= 11 is 0. The Labute approximate surface area is 79.0 Å². The summed E-state index contributed by atoms with van der Waals surface area (Å²) in [5, 5.41) is 0. The van der Waals surface area contributed by atoms with Gasteiger partial charge in [-0.3, -0.25) is 0 Å². The van der Waals surface area contributed by atoms with Crippen LogP contribution in [0, 0.1) is 0 Å². The maximum atomic E-state index is 4.78. The summed E-state index contributed by atoms with van der Waals surface area (Å²) < 4.78 is 2.49. The number of fused-ring (bicyclic) bond motifs is 3. The van der Waals surface area contributed by atoms with Gasteiger partial charge in [-0.25, -0.2) is 4.98 Å². The molecule has 1 aromatic heterocycles. The lowest BCUT2D eigenvalue weighted by Gasteiger charge is -2.15. The summed E-state index contributed by atoms with van der Waals surface area (Å²) in [6.07, 6.45) is 6.48. The van der Waals surface area contributed by atoms with E-state index in [-0.39, 0.29) is 0 Å². The number of aromatic nitrogens is 2. The monoisotopic (exact) mass is 176 g/mol. The topological polar surface area (TPSA) is 17.8 Å². The molecule has 13 heavy (non-hydrogen) atoms. The van der Waals surface area contributed by atoms with Crippen LogP contribution in [0.1, 0.15) is 49.3 Å². The number of rotatable bonds is 0. The smallest absolute Gasteiger partial charge is 0.109 e. The maximum Gasteiger partial charge on any atom is 0.109 e. The predicted molar refractivity (Wildman–Crippen MR) is 51.9 cm³/mol. The van der Waals surface area contributed by atoms with Crippen LogP contribution in [0.5, 0.6) is 0 Å². The SMILES string of the molecule is CC1CCc2c1nc1n2CCCC1. The molecule has 0 fully saturated rings. The number of imidazole rings is 1. The molecule has 0 saturated heterocycles. The molecule has 1 aliphatic heterocycles. The summed E-state index contributed by atoms with van der Waals surface area (Å²) in [5.41, 5.74) is 2.97. The first-order valence-electron chi connectivity index (χ1n) is 5.44. The Bertz CT molecular complexity index is 338. The molecule has 0 bridgehead atoms. The lowest BCUT2D eigenvalue weighted by Crippen LogP contribution is -2.12. The Hall–Kier alpha value is -0.790. The molecule has 1 aromatic rings. The summed E-state index contributed by atoms with van der Waals surface area (Å²) in [4.78, 5) is 4.78. The first kappa shape index (κ1) is 7.60. The maximum absolute atomic E-state index is 4.78. The largest absolute Gasteiger partial charge is 0.332 e. The summed E-state index contributed by atoms with van der Waals surface area (Å²) in [6.45, 7) is 3.54. The van der Waals surface area contributed by atoms with Gasteiger partial charge in [0.1, 0.15) is 5.82 Å². The minimum absolute atomic E-state index is 0.716. The fraction of sp³-hybridized carbons (Fsp3) is 0.727. The fourth-order valence-electron chi connectivity index (χ4n) is 2.71. The molecule has 1 unspecified atom stereocenters. The molecule has 2 aliphatic rings. The van der Waals surface area contributed by atoms with Gasteiger partial charge in [-0.15, -0.1) is 0 Å². The molecule has 0 N–H and O–H groups in total. The lowest BCUT2D eigenvalue weighted by molar-refractivity contribution is 0.505. The fourth-order valence-corrected chi connectivity index (χ4v) is 2.71. The second-order valence-corrected chi connectivity index (χ2v) is 4.41. The highest BCUT2D eigenvalue weighted by molar-refractivity contribution is 5.26. The van der Waals surface area contributed by atoms with Crippen molar-refractivity contribution in [3.8, 4) is 0 Å². The Morgan fingerprint density at radius 1 is 1.31 bits per heavy atom. The molecule has 0 amide bonds. The van der Waals surface area contributed by atoms with E-state index in [0.717, 1.165) is 0 Å². The van der Waals surface area contributed by atoms with Gasteiger partial charge in [0.15, 0.2) is 0 Å². The van der Waals surface area contributed by atoms with Crippen molar-refractivity contribution in [2.24, 2.45) is 0 Å². The third-order valence-electron chi connectivity index (χ3n) is 3.50. The highest BCUT2D eigenvalue weighted by Gasteiger charge is 2.27. The summed E-state index contributed by atoms with van der Waals surface area (Å²) in [7, 11) is 0. The van der Waals surface area contributed by atoms with E-state index in [4.69, 9.17) is 4.98 Å². The van der Waals surface area contributed by atoms with Crippen LogP contribution in [0.3, 0.4) is 0 Å². The van der Waals surface area contributed by atoms with Crippen LogP contribution >= 0.6 is 0 Å². The molecule has 70 valence electrons. The molecule has 2 heteroatoms. The van der Waals surface area contributed by atoms with Crippen molar-refractivity contribution in [2.75, 3.05) is 0 Å². The van der Waals surface area contributed by atoms with Crippen molar-refractivity contribution in [3.05, 3.63) is 17.2 Å². The van der Waals surface area contributed by atoms with Crippen molar-refractivity contribution in [1.82, 2.24) is 9.55 Å². The normalized spacial score (nSPS) is 25.8. The van der Waals surface area contributed by atoms with Crippen molar-refractivity contribution in [1.29, 1.82) is 0 Å². The third kappa shape index (κ3) is 0.976. The average molecular weight is 176 g/mol. The molecule has 3 rings (SSSR count). The van der Waals surface area contributed by atoms with Crippen LogP contribution in [0.15, 0.2) is 0 Å². The third-order valence-corrected chi connectivity index (χ3v) is 3.50. The van der Waals surface area contributed by atoms with Gasteiger partial charge in [-0.1, -0.05) is 6.92 Å². The van der Waals surface area contributed by atoms with Gasteiger partial charge < -0.3 is 4.57 Å². The molecule has 0 radical (unpaired) electrons. The molecule has 2 heterocycles. The number of hydrogen-bond donors (Lipinski definition) is 0. The van der Waals surface area contributed by atoms with Gasteiger partial charge in [0.25, 0.3) is 0 Å². The molecule has 2 nitrogen and oxygen atoms in total. The van der Waals surface area contributed by atoms with Crippen molar-refractivity contribution in [2.45, 2.75) is 51.5 Å². The summed E-state index contributed by atoms with van der Waals surface area (Å²) in [6, 6.07) is 0. The number of hydrogen-bond acceptors (Lipinski definition) is 1. The van der Waals surface area contributed by atoms with Gasteiger partial charge in [-0.05, 0) is 25.7 Å². The minimum Gasteiger partial charge on any atom is -0.332 e. The van der Waals surface area contributed by atoms with Gasteiger partial charge in [-0.2, -0.15) is 0 Å². The van der Waals surface area contributed by atoms with E-state index in [2.05, 4.69) is 11.5 Å². The van der Waals surface area contributed by atoms with E-state index in [1.54, 1.807) is 5.69 Å². The molecule has 0 aromatic carbocycles. The number of aryl methyl sites for hydroxylation is 1. The first-order valence-corrected chi connectivity index (χ1v) is 5.44. The van der Waals surface area contributed by atoms with Crippen LogP contribution in [0.25, 0.3) is 0 Å². The molecular formula is C11H16N2. The Morgan fingerprint density at radius 2 is 2.23 bits per heavy atom. The van der Waals surface area contributed by atoms with E-state index >= 15 is 0 Å². The van der Waals surface area contributed by atoms with Crippen molar-refractivity contribution in [3.63, 3.8) is 0 Å². The van der Waals surface area contributed by atoms with Crippen LogP contribution in [-0.2, 0) is 19.4 Å². The molecule has 0 saturated carbocycles. The summed E-state index contributed by atoms with van der Waals surface area (Å²) in [5.74, 6) is 2.08.